The second-order valence-corrected chi connectivity index (χ2v) is 5.77. The lowest BCUT2D eigenvalue weighted by molar-refractivity contribution is 0.675. The Hall–Kier alpha value is -1.86. The molecule has 0 amide bonds. The van der Waals surface area contributed by atoms with Crippen molar-refractivity contribution in [3.63, 3.8) is 0 Å². The van der Waals surface area contributed by atoms with Gasteiger partial charge in [0.2, 0.25) is 0 Å². The van der Waals surface area contributed by atoms with Gasteiger partial charge < -0.3 is 4.90 Å². The standard InChI is InChI=1S/C15H17N3S/c1-11(2)18(10-13-5-4-8-19-13)15-14(9-16)12(3)6-7-17-15/h4-8,11H,10H2,1-3H3. The molecule has 98 valence electrons. The molecule has 0 aromatic carbocycles. The summed E-state index contributed by atoms with van der Waals surface area (Å²) in [5.41, 5.74) is 1.65. The first kappa shape index (κ1) is 13.6. The van der Waals surface area contributed by atoms with E-state index in [1.807, 2.05) is 19.1 Å². The maximum Gasteiger partial charge on any atom is 0.147 e. The van der Waals surface area contributed by atoms with Crippen LogP contribution in [0.2, 0.25) is 0 Å². The number of hydrogen-bond donors (Lipinski definition) is 0. The van der Waals surface area contributed by atoms with Crippen LogP contribution < -0.4 is 4.90 Å². The van der Waals surface area contributed by atoms with Crippen molar-refractivity contribution in [2.24, 2.45) is 0 Å². The Morgan fingerprint density at radius 3 is 2.79 bits per heavy atom. The van der Waals surface area contributed by atoms with Crippen LogP contribution in [0.4, 0.5) is 5.82 Å². The van der Waals surface area contributed by atoms with Gasteiger partial charge in [-0.1, -0.05) is 6.07 Å². The number of nitriles is 1. The number of rotatable bonds is 4. The Labute approximate surface area is 118 Å². The molecule has 0 spiro atoms. The lowest BCUT2D eigenvalue weighted by Crippen LogP contribution is -2.31. The first-order chi connectivity index (χ1) is 9.13. The van der Waals surface area contributed by atoms with Crippen molar-refractivity contribution in [3.8, 4) is 6.07 Å². The predicted molar refractivity (Wildman–Crippen MR) is 79.3 cm³/mol. The van der Waals surface area contributed by atoms with Gasteiger partial charge in [-0.2, -0.15) is 5.26 Å². The van der Waals surface area contributed by atoms with Gasteiger partial charge in [-0.3, -0.25) is 0 Å². The van der Waals surface area contributed by atoms with Gasteiger partial charge in [0, 0.05) is 17.1 Å². The van der Waals surface area contributed by atoms with Gasteiger partial charge in [0.1, 0.15) is 11.9 Å². The summed E-state index contributed by atoms with van der Waals surface area (Å²) in [5.74, 6) is 0.783. The third kappa shape index (κ3) is 2.94. The highest BCUT2D eigenvalue weighted by molar-refractivity contribution is 7.09. The van der Waals surface area contributed by atoms with Crippen LogP contribution in [0.3, 0.4) is 0 Å². The normalized spacial score (nSPS) is 10.5. The molecule has 2 aromatic rings. The Balaban J connectivity index is 2.40. The number of aryl methyl sites for hydroxylation is 1. The summed E-state index contributed by atoms with van der Waals surface area (Å²) in [7, 11) is 0. The summed E-state index contributed by atoms with van der Waals surface area (Å²) in [4.78, 5) is 7.88. The maximum atomic E-state index is 9.34. The molecular weight excluding hydrogens is 254 g/mol. The van der Waals surface area contributed by atoms with E-state index in [9.17, 15) is 5.26 Å². The van der Waals surface area contributed by atoms with Gasteiger partial charge in [-0.25, -0.2) is 4.98 Å². The zero-order valence-electron chi connectivity index (χ0n) is 11.4. The maximum absolute atomic E-state index is 9.34. The molecule has 19 heavy (non-hydrogen) atoms. The van der Waals surface area contributed by atoms with Crippen molar-refractivity contribution >= 4 is 17.2 Å². The van der Waals surface area contributed by atoms with E-state index in [1.54, 1.807) is 17.5 Å². The number of pyridine rings is 1. The predicted octanol–water partition coefficient (Wildman–Crippen LogP) is 3.74. The molecule has 0 fully saturated rings. The van der Waals surface area contributed by atoms with Gasteiger partial charge in [0.25, 0.3) is 0 Å². The zero-order valence-corrected chi connectivity index (χ0v) is 12.2. The smallest absolute Gasteiger partial charge is 0.147 e. The third-order valence-corrected chi connectivity index (χ3v) is 3.91. The van der Waals surface area contributed by atoms with Gasteiger partial charge in [0.05, 0.1) is 12.1 Å². The fourth-order valence-electron chi connectivity index (χ4n) is 1.97. The zero-order chi connectivity index (χ0) is 13.8. The summed E-state index contributed by atoms with van der Waals surface area (Å²) in [6, 6.07) is 8.62. The molecule has 4 heteroatoms. The number of anilines is 1. The van der Waals surface area contributed by atoms with Crippen LogP contribution in [0.25, 0.3) is 0 Å². The minimum Gasteiger partial charge on any atom is -0.348 e. The molecule has 2 rings (SSSR count). The lowest BCUT2D eigenvalue weighted by Gasteiger charge is -2.28. The number of hydrogen-bond acceptors (Lipinski definition) is 4. The molecule has 3 nitrogen and oxygen atoms in total. The van der Waals surface area contributed by atoms with Crippen molar-refractivity contribution in [1.82, 2.24) is 4.98 Å². The SMILES string of the molecule is Cc1ccnc(N(Cc2cccs2)C(C)C)c1C#N. The van der Waals surface area contributed by atoms with Crippen LogP contribution in [-0.2, 0) is 6.54 Å². The van der Waals surface area contributed by atoms with Crippen molar-refractivity contribution in [2.45, 2.75) is 33.4 Å². The monoisotopic (exact) mass is 271 g/mol. The van der Waals surface area contributed by atoms with E-state index in [2.05, 4.69) is 41.2 Å². The van der Waals surface area contributed by atoms with Crippen molar-refractivity contribution in [2.75, 3.05) is 4.90 Å². The molecule has 0 saturated heterocycles. The Bertz CT molecular complexity index is 582. The molecule has 0 aliphatic heterocycles. The molecule has 2 heterocycles. The first-order valence-corrected chi connectivity index (χ1v) is 7.16. The van der Waals surface area contributed by atoms with E-state index < -0.39 is 0 Å². The van der Waals surface area contributed by atoms with E-state index >= 15 is 0 Å². The van der Waals surface area contributed by atoms with Crippen LogP contribution >= 0.6 is 11.3 Å². The summed E-state index contributed by atoms with van der Waals surface area (Å²) < 4.78 is 0. The van der Waals surface area contributed by atoms with E-state index in [-0.39, 0.29) is 0 Å². The van der Waals surface area contributed by atoms with Crippen molar-refractivity contribution in [3.05, 3.63) is 45.8 Å². The van der Waals surface area contributed by atoms with E-state index in [1.165, 1.54) is 4.88 Å². The quantitative estimate of drug-likeness (QED) is 0.850. The lowest BCUT2D eigenvalue weighted by atomic mass is 10.1. The second-order valence-electron chi connectivity index (χ2n) is 4.74. The highest BCUT2D eigenvalue weighted by atomic mass is 32.1. The Morgan fingerprint density at radius 1 is 1.42 bits per heavy atom. The van der Waals surface area contributed by atoms with Crippen LogP contribution in [0.1, 0.15) is 29.9 Å². The van der Waals surface area contributed by atoms with Gasteiger partial charge in [0.15, 0.2) is 0 Å². The molecule has 2 aromatic heterocycles. The van der Waals surface area contributed by atoms with E-state index in [0.717, 1.165) is 17.9 Å². The van der Waals surface area contributed by atoms with Crippen LogP contribution in [0.15, 0.2) is 29.8 Å². The minimum atomic E-state index is 0.295. The van der Waals surface area contributed by atoms with E-state index in [0.29, 0.717) is 11.6 Å². The average molecular weight is 271 g/mol. The summed E-state index contributed by atoms with van der Waals surface area (Å²) in [6.45, 7) is 6.99. The molecule has 0 N–H and O–H groups in total. The molecule has 0 aliphatic rings. The molecule has 0 atom stereocenters. The number of nitrogens with zero attached hydrogens (tertiary/aromatic N) is 3. The summed E-state index contributed by atoms with van der Waals surface area (Å²) in [6.07, 6.45) is 1.77. The third-order valence-electron chi connectivity index (χ3n) is 3.05. The second kappa shape index (κ2) is 5.85. The largest absolute Gasteiger partial charge is 0.348 e. The molecule has 0 radical (unpaired) electrons. The fourth-order valence-corrected chi connectivity index (χ4v) is 2.67. The number of aromatic nitrogens is 1. The molecule has 0 bridgehead atoms. The highest BCUT2D eigenvalue weighted by Gasteiger charge is 2.18. The van der Waals surface area contributed by atoms with Gasteiger partial charge >= 0.3 is 0 Å². The van der Waals surface area contributed by atoms with Gasteiger partial charge in [-0.05, 0) is 43.8 Å². The van der Waals surface area contributed by atoms with Gasteiger partial charge in [-0.15, -0.1) is 11.3 Å². The highest BCUT2D eigenvalue weighted by Crippen LogP contribution is 2.25. The Kier molecular flexibility index (Phi) is 4.18. The molecule has 0 aliphatic carbocycles. The van der Waals surface area contributed by atoms with Crippen molar-refractivity contribution in [1.29, 1.82) is 5.26 Å². The average Bonchev–Trinajstić information content (AvgIpc) is 2.88. The Morgan fingerprint density at radius 2 is 2.21 bits per heavy atom. The molecular formula is C15H17N3S. The van der Waals surface area contributed by atoms with Crippen LogP contribution in [0.5, 0.6) is 0 Å². The van der Waals surface area contributed by atoms with E-state index in [4.69, 9.17) is 0 Å². The minimum absolute atomic E-state index is 0.295. The first-order valence-electron chi connectivity index (χ1n) is 6.28. The van der Waals surface area contributed by atoms with Crippen LogP contribution in [0, 0.1) is 18.3 Å². The molecule has 0 unspecified atom stereocenters. The topological polar surface area (TPSA) is 39.9 Å². The van der Waals surface area contributed by atoms with Crippen molar-refractivity contribution < 1.29 is 0 Å². The van der Waals surface area contributed by atoms with Crippen LogP contribution in [-0.4, -0.2) is 11.0 Å². The summed E-state index contributed by atoms with van der Waals surface area (Å²) in [5, 5.41) is 11.4. The molecule has 0 saturated carbocycles. The fraction of sp³-hybridized carbons (Fsp3) is 0.333. The summed E-state index contributed by atoms with van der Waals surface area (Å²) >= 11 is 1.73. The number of thiophene rings is 1.